The molecule has 0 bridgehead atoms. The summed E-state index contributed by atoms with van der Waals surface area (Å²) >= 11 is 1.73. The first-order chi connectivity index (χ1) is 7.60. The van der Waals surface area contributed by atoms with E-state index in [2.05, 4.69) is 5.32 Å². The standard InChI is InChI=1S/C11H23NO3S/c1-4-11(2,15-3)10(14)12-6-9-16-8-5-7-13/h13H,4-9H2,1-3H3,(H,12,14). The second kappa shape index (κ2) is 8.84. The lowest BCUT2D eigenvalue weighted by Gasteiger charge is -2.25. The maximum atomic E-state index is 11.7. The van der Waals surface area contributed by atoms with Gasteiger partial charge in [-0.05, 0) is 25.5 Å². The van der Waals surface area contributed by atoms with Crippen LogP contribution in [0, 0.1) is 0 Å². The molecule has 0 aliphatic rings. The molecule has 0 aromatic heterocycles. The van der Waals surface area contributed by atoms with Gasteiger partial charge in [0.15, 0.2) is 0 Å². The largest absolute Gasteiger partial charge is 0.396 e. The van der Waals surface area contributed by atoms with E-state index in [0.717, 1.165) is 17.9 Å². The van der Waals surface area contributed by atoms with Gasteiger partial charge in [-0.3, -0.25) is 4.79 Å². The number of hydrogen-bond acceptors (Lipinski definition) is 4. The van der Waals surface area contributed by atoms with Gasteiger partial charge in [0, 0.05) is 26.0 Å². The smallest absolute Gasteiger partial charge is 0.251 e. The number of ether oxygens (including phenoxy) is 1. The first-order valence-corrected chi connectivity index (χ1v) is 6.78. The maximum absolute atomic E-state index is 11.7. The fraction of sp³-hybridized carbons (Fsp3) is 0.909. The fourth-order valence-corrected chi connectivity index (χ4v) is 1.87. The number of carbonyl (C=O) groups is 1. The summed E-state index contributed by atoms with van der Waals surface area (Å²) in [6.07, 6.45) is 1.47. The van der Waals surface area contributed by atoms with Gasteiger partial charge in [-0.15, -0.1) is 0 Å². The van der Waals surface area contributed by atoms with Crippen LogP contribution in [0.1, 0.15) is 26.7 Å². The van der Waals surface area contributed by atoms with Crippen molar-refractivity contribution in [1.82, 2.24) is 5.32 Å². The zero-order valence-corrected chi connectivity index (χ0v) is 11.2. The van der Waals surface area contributed by atoms with E-state index in [1.165, 1.54) is 0 Å². The molecule has 0 aromatic carbocycles. The summed E-state index contributed by atoms with van der Waals surface area (Å²) in [7, 11) is 1.55. The van der Waals surface area contributed by atoms with Gasteiger partial charge < -0.3 is 15.2 Å². The average molecular weight is 249 g/mol. The Morgan fingerprint density at radius 1 is 1.50 bits per heavy atom. The Balaban J connectivity index is 3.64. The molecule has 0 radical (unpaired) electrons. The van der Waals surface area contributed by atoms with Gasteiger partial charge >= 0.3 is 0 Å². The van der Waals surface area contributed by atoms with E-state index in [4.69, 9.17) is 9.84 Å². The van der Waals surface area contributed by atoms with E-state index in [1.54, 1.807) is 25.8 Å². The minimum absolute atomic E-state index is 0.0553. The van der Waals surface area contributed by atoms with Gasteiger partial charge in [-0.1, -0.05) is 6.92 Å². The number of aliphatic hydroxyl groups excluding tert-OH is 1. The number of thioether (sulfide) groups is 1. The van der Waals surface area contributed by atoms with Crippen molar-refractivity contribution in [1.29, 1.82) is 0 Å². The van der Waals surface area contributed by atoms with Crippen molar-refractivity contribution < 1.29 is 14.6 Å². The highest BCUT2D eigenvalue weighted by Crippen LogP contribution is 2.13. The van der Waals surface area contributed by atoms with Crippen LogP contribution >= 0.6 is 11.8 Å². The Hall–Kier alpha value is -0.260. The molecule has 0 aliphatic carbocycles. The number of rotatable bonds is 9. The summed E-state index contributed by atoms with van der Waals surface area (Å²) in [5, 5.41) is 11.4. The van der Waals surface area contributed by atoms with Crippen molar-refractivity contribution in [3.05, 3.63) is 0 Å². The van der Waals surface area contributed by atoms with Crippen molar-refractivity contribution >= 4 is 17.7 Å². The minimum Gasteiger partial charge on any atom is -0.396 e. The predicted molar refractivity (Wildman–Crippen MR) is 67.7 cm³/mol. The molecule has 0 saturated heterocycles. The normalized spacial score (nSPS) is 14.5. The van der Waals surface area contributed by atoms with E-state index in [1.807, 2.05) is 6.92 Å². The third-order valence-corrected chi connectivity index (χ3v) is 3.65. The van der Waals surface area contributed by atoms with Gasteiger partial charge in [-0.25, -0.2) is 0 Å². The van der Waals surface area contributed by atoms with Crippen LogP contribution in [0.25, 0.3) is 0 Å². The summed E-state index contributed by atoms with van der Waals surface area (Å²) < 4.78 is 5.19. The molecule has 0 saturated carbocycles. The third kappa shape index (κ3) is 5.72. The highest BCUT2D eigenvalue weighted by atomic mass is 32.2. The molecular formula is C11H23NO3S. The molecule has 0 rings (SSSR count). The lowest BCUT2D eigenvalue weighted by molar-refractivity contribution is -0.141. The second-order valence-corrected chi connectivity index (χ2v) is 4.96. The summed E-state index contributed by atoms with van der Waals surface area (Å²) in [5.74, 6) is 1.75. The zero-order valence-electron chi connectivity index (χ0n) is 10.4. The third-order valence-electron chi connectivity index (χ3n) is 2.58. The molecule has 0 aromatic rings. The molecule has 4 nitrogen and oxygen atoms in total. The van der Waals surface area contributed by atoms with Crippen molar-refractivity contribution in [3.63, 3.8) is 0 Å². The highest BCUT2D eigenvalue weighted by molar-refractivity contribution is 7.99. The quantitative estimate of drug-likeness (QED) is 0.599. The topological polar surface area (TPSA) is 58.6 Å². The molecule has 96 valence electrons. The molecule has 0 aliphatic heterocycles. The van der Waals surface area contributed by atoms with E-state index < -0.39 is 5.60 Å². The van der Waals surface area contributed by atoms with Crippen molar-refractivity contribution in [2.24, 2.45) is 0 Å². The number of aliphatic hydroxyl groups is 1. The number of methoxy groups -OCH3 is 1. The van der Waals surface area contributed by atoms with Crippen LogP contribution in [0.5, 0.6) is 0 Å². The first kappa shape index (κ1) is 15.7. The molecule has 1 amide bonds. The Kier molecular flexibility index (Phi) is 8.70. The fourth-order valence-electron chi connectivity index (χ4n) is 1.09. The number of hydrogen-bond donors (Lipinski definition) is 2. The predicted octanol–water partition coefficient (Wildman–Crippen LogP) is 1.03. The zero-order chi connectivity index (χ0) is 12.4. The van der Waals surface area contributed by atoms with E-state index >= 15 is 0 Å². The van der Waals surface area contributed by atoms with Gasteiger partial charge in [0.05, 0.1) is 0 Å². The first-order valence-electron chi connectivity index (χ1n) is 5.62. The van der Waals surface area contributed by atoms with Crippen LogP contribution in [0.3, 0.4) is 0 Å². The van der Waals surface area contributed by atoms with Gasteiger partial charge in [0.2, 0.25) is 0 Å². The Labute approximate surface area is 102 Å². The monoisotopic (exact) mass is 249 g/mol. The summed E-state index contributed by atoms with van der Waals surface area (Å²) in [6.45, 7) is 4.60. The summed E-state index contributed by atoms with van der Waals surface area (Å²) in [4.78, 5) is 11.7. The molecule has 2 N–H and O–H groups in total. The van der Waals surface area contributed by atoms with Crippen LogP contribution < -0.4 is 5.32 Å². The van der Waals surface area contributed by atoms with Gasteiger partial charge in [0.25, 0.3) is 5.91 Å². The average Bonchev–Trinajstić information content (AvgIpc) is 2.32. The maximum Gasteiger partial charge on any atom is 0.251 e. The number of carbonyl (C=O) groups excluding carboxylic acids is 1. The van der Waals surface area contributed by atoms with Gasteiger partial charge in [-0.2, -0.15) is 11.8 Å². The van der Waals surface area contributed by atoms with E-state index in [-0.39, 0.29) is 12.5 Å². The van der Waals surface area contributed by atoms with Crippen LogP contribution in [0.15, 0.2) is 0 Å². The number of amides is 1. The molecule has 0 heterocycles. The number of nitrogens with one attached hydrogen (secondary N) is 1. The van der Waals surface area contributed by atoms with E-state index in [9.17, 15) is 4.79 Å². The van der Waals surface area contributed by atoms with Crippen molar-refractivity contribution in [2.45, 2.75) is 32.3 Å². The molecule has 0 spiro atoms. The van der Waals surface area contributed by atoms with Crippen LogP contribution in [0.2, 0.25) is 0 Å². The Bertz CT molecular complexity index is 196. The summed E-state index contributed by atoms with van der Waals surface area (Å²) in [5.41, 5.74) is -0.713. The highest BCUT2D eigenvalue weighted by Gasteiger charge is 2.30. The van der Waals surface area contributed by atoms with Gasteiger partial charge in [0.1, 0.15) is 5.60 Å². The van der Waals surface area contributed by atoms with Crippen LogP contribution in [-0.2, 0) is 9.53 Å². The Morgan fingerprint density at radius 3 is 2.69 bits per heavy atom. The molecule has 16 heavy (non-hydrogen) atoms. The summed E-state index contributed by atoms with van der Waals surface area (Å²) in [6, 6.07) is 0. The molecule has 0 fully saturated rings. The Morgan fingerprint density at radius 2 is 2.19 bits per heavy atom. The molecule has 5 heteroatoms. The molecule has 1 unspecified atom stereocenters. The van der Waals surface area contributed by atoms with Crippen molar-refractivity contribution in [3.8, 4) is 0 Å². The van der Waals surface area contributed by atoms with E-state index in [0.29, 0.717) is 13.0 Å². The molecular weight excluding hydrogens is 226 g/mol. The SMILES string of the molecule is CCC(C)(OC)C(=O)NCCSCCCO. The van der Waals surface area contributed by atoms with Crippen LogP contribution in [0.4, 0.5) is 0 Å². The van der Waals surface area contributed by atoms with Crippen molar-refractivity contribution in [2.75, 3.05) is 31.8 Å². The molecule has 1 atom stereocenters. The lowest BCUT2D eigenvalue weighted by Crippen LogP contribution is -2.46. The lowest BCUT2D eigenvalue weighted by atomic mass is 10.0. The van der Waals surface area contributed by atoms with Crippen LogP contribution in [-0.4, -0.2) is 48.4 Å². The minimum atomic E-state index is -0.713. The second-order valence-electron chi connectivity index (χ2n) is 3.73.